The number of nitrogens with zero attached hydrogens (tertiary/aromatic N) is 2. The van der Waals surface area contributed by atoms with Crippen LogP contribution in [0.5, 0.6) is 0 Å². The smallest absolute Gasteiger partial charge is 0.138 e. The van der Waals surface area contributed by atoms with Crippen molar-refractivity contribution in [1.29, 1.82) is 10.5 Å². The molecule has 9 heavy (non-hydrogen) atoms. The first-order chi connectivity index (χ1) is 3.85. The molecule has 0 fully saturated rings. The summed E-state index contributed by atoms with van der Waals surface area (Å²) in [5.74, 6) is -0.736. The molecule has 0 saturated carbocycles. The second-order valence-corrected chi connectivity index (χ2v) is 1.23. The van der Waals surface area contributed by atoms with Crippen LogP contribution in [0, 0.1) is 28.6 Å². The van der Waals surface area contributed by atoms with Crippen LogP contribution in [0.3, 0.4) is 0 Å². The Hall–Kier alpha value is 0.286. The Morgan fingerprint density at radius 1 is 1.56 bits per heavy atom. The first-order valence-electron chi connectivity index (χ1n) is 2.07. The third-order valence-electron chi connectivity index (χ3n) is 0.641. The summed E-state index contributed by atoms with van der Waals surface area (Å²) in [6, 6.07) is 3.38. The molecule has 0 aromatic carbocycles. The van der Waals surface area contributed by atoms with Gasteiger partial charge in [-0.2, -0.15) is 10.5 Å². The summed E-state index contributed by atoms with van der Waals surface area (Å²) in [6.07, 6.45) is 0.475. The Kier molecular flexibility index (Phi) is 11.1. The van der Waals surface area contributed by atoms with Crippen LogP contribution in [0.4, 0.5) is 0 Å². The van der Waals surface area contributed by atoms with Gasteiger partial charge in [-0.3, -0.25) is 0 Å². The fraction of sp³-hybridized carbons (Fsp3) is 0.400. The zero-order valence-electron chi connectivity index (χ0n) is 5.16. The zero-order chi connectivity index (χ0) is 6.41. The summed E-state index contributed by atoms with van der Waals surface area (Å²) < 4.78 is 0. The van der Waals surface area contributed by atoms with Crippen LogP contribution in [0.15, 0.2) is 0 Å². The molecule has 4 heteroatoms. The Balaban J connectivity index is 0. The number of rotatable bonds is 2. The fourth-order valence-electron chi connectivity index (χ4n) is 0.223. The molecule has 0 aromatic heterocycles. The molecule has 0 amide bonds. The molecule has 0 rings (SSSR count). The molecule has 0 spiro atoms. The van der Waals surface area contributed by atoms with E-state index in [9.17, 15) is 4.79 Å². The molecule has 0 N–H and O–H groups in total. The Morgan fingerprint density at radius 3 is 2.22 bits per heavy atom. The summed E-state index contributed by atoms with van der Waals surface area (Å²) >= 11 is 0. The van der Waals surface area contributed by atoms with E-state index >= 15 is 0 Å². The van der Waals surface area contributed by atoms with Gasteiger partial charge < -0.3 is 4.79 Å². The van der Waals surface area contributed by atoms with E-state index in [4.69, 9.17) is 10.5 Å². The summed E-state index contributed by atoms with van der Waals surface area (Å²) in [4.78, 5) is 9.75. The van der Waals surface area contributed by atoms with Crippen LogP contribution in [0.2, 0.25) is 0 Å². The van der Waals surface area contributed by atoms with Gasteiger partial charge in [0.2, 0.25) is 0 Å². The first-order valence-corrected chi connectivity index (χ1v) is 2.07. The molecule has 1 atom stereocenters. The van der Waals surface area contributed by atoms with Gasteiger partial charge in [0.05, 0.1) is 18.6 Å². The molecule has 41 valence electrons. The van der Waals surface area contributed by atoms with Crippen LogP contribution in [0.1, 0.15) is 6.42 Å². The fourth-order valence-corrected chi connectivity index (χ4v) is 0.223. The minimum atomic E-state index is -0.736. The first kappa shape index (κ1) is 12.0. The molecule has 0 bridgehead atoms. The van der Waals surface area contributed by atoms with Crippen molar-refractivity contribution < 1.29 is 4.79 Å². The van der Waals surface area contributed by atoms with Crippen molar-refractivity contribution in [3.8, 4) is 12.1 Å². The average Bonchev–Trinajstić information content (AvgIpc) is 1.83. The van der Waals surface area contributed by atoms with Crippen molar-refractivity contribution in [3.63, 3.8) is 0 Å². The van der Waals surface area contributed by atoms with Crippen molar-refractivity contribution in [2.45, 2.75) is 6.42 Å². The van der Waals surface area contributed by atoms with Gasteiger partial charge in [0.1, 0.15) is 12.2 Å². The summed E-state index contributed by atoms with van der Waals surface area (Å²) in [5, 5.41) is 16.0. The number of carbonyl (C=O) groups excluding carboxylic acids is 1. The molecule has 0 saturated heterocycles. The van der Waals surface area contributed by atoms with E-state index in [1.165, 1.54) is 0 Å². The van der Waals surface area contributed by atoms with Crippen LogP contribution < -0.4 is 0 Å². The molecule has 0 aliphatic carbocycles. The van der Waals surface area contributed by atoms with Gasteiger partial charge in [-0.05, 0) is 0 Å². The van der Waals surface area contributed by atoms with Gasteiger partial charge in [0.25, 0.3) is 0 Å². The topological polar surface area (TPSA) is 64.7 Å². The summed E-state index contributed by atoms with van der Waals surface area (Å²) in [5.41, 5.74) is 0. The zero-order valence-corrected chi connectivity index (χ0v) is 8.29. The number of hydrogen-bond acceptors (Lipinski definition) is 3. The molecular weight excluding hydrogens is 143 g/mol. The van der Waals surface area contributed by atoms with Crippen molar-refractivity contribution >= 4 is 57.7 Å². The van der Waals surface area contributed by atoms with Crippen LogP contribution in [-0.4, -0.2) is 57.7 Å². The number of nitriles is 2. The average molecular weight is 147 g/mol. The molecule has 0 aliphatic heterocycles. The van der Waals surface area contributed by atoms with Crippen molar-refractivity contribution in [1.82, 2.24) is 0 Å². The van der Waals surface area contributed by atoms with Gasteiger partial charge in [0.15, 0.2) is 0 Å². The van der Waals surface area contributed by atoms with Gasteiger partial charge >= 0.3 is 0 Å². The molecular formula is C5H4KN2O. The summed E-state index contributed by atoms with van der Waals surface area (Å²) in [6.45, 7) is 0. The Bertz CT molecular complexity index is 155. The van der Waals surface area contributed by atoms with E-state index in [2.05, 4.69) is 0 Å². The number of aldehydes is 1. The van der Waals surface area contributed by atoms with Gasteiger partial charge in [0, 0.05) is 51.4 Å². The Labute approximate surface area is 96.1 Å². The van der Waals surface area contributed by atoms with Crippen molar-refractivity contribution in [2.75, 3.05) is 0 Å². The second kappa shape index (κ2) is 8.29. The molecule has 1 unspecified atom stereocenters. The largest absolute Gasteiger partial charge is 0.302 e. The minimum Gasteiger partial charge on any atom is -0.302 e. The second-order valence-electron chi connectivity index (χ2n) is 1.23. The predicted molar refractivity (Wildman–Crippen MR) is 31.2 cm³/mol. The number of hydrogen-bond donors (Lipinski definition) is 0. The molecule has 3 nitrogen and oxygen atoms in total. The van der Waals surface area contributed by atoms with E-state index in [0.29, 0.717) is 6.29 Å². The van der Waals surface area contributed by atoms with Crippen molar-refractivity contribution in [2.24, 2.45) is 5.92 Å². The Morgan fingerprint density at radius 2 is 2.11 bits per heavy atom. The third-order valence-corrected chi connectivity index (χ3v) is 0.641. The SMILES string of the molecule is N#CCC(C#N)C=O.[K]. The minimum absolute atomic E-state index is 0. The summed E-state index contributed by atoms with van der Waals surface area (Å²) in [7, 11) is 0. The normalized spacial score (nSPS) is 9.56. The van der Waals surface area contributed by atoms with E-state index in [-0.39, 0.29) is 57.8 Å². The van der Waals surface area contributed by atoms with Crippen LogP contribution in [0.25, 0.3) is 0 Å². The quantitative estimate of drug-likeness (QED) is 0.403. The monoisotopic (exact) mass is 147 g/mol. The van der Waals surface area contributed by atoms with Crippen LogP contribution in [-0.2, 0) is 4.79 Å². The van der Waals surface area contributed by atoms with Gasteiger partial charge in [-0.25, -0.2) is 0 Å². The van der Waals surface area contributed by atoms with Gasteiger partial charge in [-0.1, -0.05) is 0 Å². The van der Waals surface area contributed by atoms with Crippen LogP contribution >= 0.6 is 0 Å². The predicted octanol–water partition coefficient (Wildman–Crippen LogP) is -0.142. The van der Waals surface area contributed by atoms with E-state index in [1.54, 1.807) is 12.1 Å². The third kappa shape index (κ3) is 6.17. The molecule has 0 heterocycles. The molecule has 0 aliphatic rings. The van der Waals surface area contributed by atoms with Gasteiger partial charge in [-0.15, -0.1) is 0 Å². The maximum absolute atomic E-state index is 9.75. The van der Waals surface area contributed by atoms with E-state index in [0.717, 1.165) is 0 Å². The molecule has 0 aromatic rings. The standard InChI is InChI=1S/C5H4N2O.K/c6-2-1-5(3-7)4-8;/h4-5H,1H2;. The number of carbonyl (C=O) groups is 1. The van der Waals surface area contributed by atoms with E-state index in [1.807, 2.05) is 0 Å². The maximum Gasteiger partial charge on any atom is 0.138 e. The maximum atomic E-state index is 9.75. The molecule has 1 radical (unpaired) electrons. The van der Waals surface area contributed by atoms with E-state index < -0.39 is 5.92 Å². The van der Waals surface area contributed by atoms with Crippen molar-refractivity contribution in [3.05, 3.63) is 0 Å².